The van der Waals surface area contributed by atoms with Crippen LogP contribution in [0.2, 0.25) is 0 Å². The van der Waals surface area contributed by atoms with Gasteiger partial charge in [-0.1, -0.05) is 6.42 Å². The van der Waals surface area contributed by atoms with E-state index >= 15 is 0 Å². The Balaban J connectivity index is 2.13. The molecular formula is C10H19N3. The summed E-state index contributed by atoms with van der Waals surface area (Å²) in [6.45, 7) is 5.13. The summed E-state index contributed by atoms with van der Waals surface area (Å²) >= 11 is 0. The highest BCUT2D eigenvalue weighted by molar-refractivity contribution is 4.99. The normalized spacial score (nSPS) is 13.2. The van der Waals surface area contributed by atoms with Gasteiger partial charge in [-0.3, -0.25) is 4.68 Å². The first-order chi connectivity index (χ1) is 6.18. The van der Waals surface area contributed by atoms with Crippen LogP contribution in [-0.4, -0.2) is 15.8 Å². The molecule has 0 fully saturated rings. The van der Waals surface area contributed by atoms with Crippen molar-refractivity contribution in [2.75, 3.05) is 0 Å². The highest BCUT2D eigenvalue weighted by Gasteiger charge is 1.96. The monoisotopic (exact) mass is 181 g/mol. The van der Waals surface area contributed by atoms with Gasteiger partial charge in [0.15, 0.2) is 0 Å². The van der Waals surface area contributed by atoms with Crippen molar-refractivity contribution in [3.05, 3.63) is 18.0 Å². The van der Waals surface area contributed by atoms with Gasteiger partial charge >= 0.3 is 0 Å². The van der Waals surface area contributed by atoms with E-state index in [0.717, 1.165) is 13.0 Å². The van der Waals surface area contributed by atoms with Crippen LogP contribution in [0.25, 0.3) is 0 Å². The minimum Gasteiger partial charge on any atom is -0.328 e. The first-order valence-corrected chi connectivity index (χ1v) is 4.93. The van der Waals surface area contributed by atoms with Crippen LogP contribution in [0.3, 0.4) is 0 Å². The summed E-state index contributed by atoms with van der Waals surface area (Å²) in [6, 6.07) is 0.333. The topological polar surface area (TPSA) is 43.8 Å². The minimum atomic E-state index is 0.333. The van der Waals surface area contributed by atoms with E-state index in [4.69, 9.17) is 5.73 Å². The molecule has 1 heterocycles. The average molecular weight is 181 g/mol. The fourth-order valence-electron chi connectivity index (χ4n) is 1.33. The quantitative estimate of drug-likeness (QED) is 0.703. The van der Waals surface area contributed by atoms with Crippen LogP contribution in [0.15, 0.2) is 12.4 Å². The van der Waals surface area contributed by atoms with E-state index in [1.54, 1.807) is 0 Å². The van der Waals surface area contributed by atoms with Crippen molar-refractivity contribution in [1.82, 2.24) is 9.78 Å². The third kappa shape index (κ3) is 4.08. The third-order valence-electron chi connectivity index (χ3n) is 2.06. The predicted molar refractivity (Wildman–Crippen MR) is 54.5 cm³/mol. The first-order valence-electron chi connectivity index (χ1n) is 4.93. The fraction of sp³-hybridized carbons (Fsp3) is 0.700. The molecule has 13 heavy (non-hydrogen) atoms. The molecule has 0 aliphatic heterocycles. The molecule has 0 aromatic carbocycles. The summed E-state index contributed by atoms with van der Waals surface area (Å²) in [5.74, 6) is 0. The maximum atomic E-state index is 5.65. The van der Waals surface area contributed by atoms with Gasteiger partial charge in [-0.25, -0.2) is 0 Å². The highest BCUT2D eigenvalue weighted by Crippen LogP contribution is 2.01. The van der Waals surface area contributed by atoms with Gasteiger partial charge < -0.3 is 5.73 Å². The molecule has 74 valence electrons. The van der Waals surface area contributed by atoms with Crippen molar-refractivity contribution in [1.29, 1.82) is 0 Å². The molecule has 2 N–H and O–H groups in total. The number of unbranched alkanes of at least 4 members (excludes halogenated alkanes) is 1. The summed E-state index contributed by atoms with van der Waals surface area (Å²) in [5.41, 5.74) is 6.88. The summed E-state index contributed by atoms with van der Waals surface area (Å²) in [6.07, 6.45) is 7.44. The standard InChI is InChI=1S/C10H19N3/c1-9-7-12-13(8-9)6-4-3-5-10(2)11/h7-8,10H,3-6,11H2,1-2H3. The Morgan fingerprint density at radius 2 is 2.31 bits per heavy atom. The minimum absolute atomic E-state index is 0.333. The molecular weight excluding hydrogens is 162 g/mol. The number of hydrogen-bond acceptors (Lipinski definition) is 2. The predicted octanol–water partition coefficient (Wildman–Crippen LogP) is 1.71. The van der Waals surface area contributed by atoms with Crippen LogP contribution in [0, 0.1) is 6.92 Å². The molecule has 3 nitrogen and oxygen atoms in total. The number of aromatic nitrogens is 2. The largest absolute Gasteiger partial charge is 0.328 e. The lowest BCUT2D eigenvalue weighted by atomic mass is 10.1. The smallest absolute Gasteiger partial charge is 0.0518 e. The van der Waals surface area contributed by atoms with Crippen molar-refractivity contribution in [3.63, 3.8) is 0 Å². The molecule has 1 aromatic rings. The summed E-state index contributed by atoms with van der Waals surface area (Å²) in [4.78, 5) is 0. The maximum absolute atomic E-state index is 5.65. The molecule has 0 bridgehead atoms. The van der Waals surface area contributed by atoms with Crippen molar-refractivity contribution in [3.8, 4) is 0 Å². The Morgan fingerprint density at radius 3 is 2.85 bits per heavy atom. The van der Waals surface area contributed by atoms with Crippen LogP contribution in [0.5, 0.6) is 0 Å². The van der Waals surface area contributed by atoms with Crippen LogP contribution >= 0.6 is 0 Å². The van der Waals surface area contributed by atoms with Gasteiger partial charge in [-0.2, -0.15) is 5.10 Å². The van der Waals surface area contributed by atoms with E-state index in [9.17, 15) is 0 Å². The first kappa shape index (κ1) is 10.3. The highest BCUT2D eigenvalue weighted by atomic mass is 15.3. The molecule has 0 aliphatic rings. The second-order valence-electron chi connectivity index (χ2n) is 3.75. The molecule has 0 spiro atoms. The summed E-state index contributed by atoms with van der Waals surface area (Å²) < 4.78 is 2.00. The Morgan fingerprint density at radius 1 is 1.54 bits per heavy atom. The lowest BCUT2D eigenvalue weighted by molar-refractivity contribution is 0.520. The lowest BCUT2D eigenvalue weighted by Crippen LogP contribution is -2.14. The molecule has 0 aliphatic carbocycles. The van der Waals surface area contributed by atoms with E-state index < -0.39 is 0 Å². The Kier molecular flexibility index (Phi) is 3.96. The van der Waals surface area contributed by atoms with Crippen LogP contribution in [-0.2, 0) is 6.54 Å². The Labute approximate surface area is 79.9 Å². The molecule has 0 radical (unpaired) electrons. The molecule has 1 atom stereocenters. The molecule has 0 amide bonds. The number of aryl methyl sites for hydroxylation is 2. The molecule has 1 aromatic heterocycles. The Bertz CT molecular complexity index is 240. The zero-order chi connectivity index (χ0) is 9.68. The van der Waals surface area contributed by atoms with Gasteiger partial charge in [-0.15, -0.1) is 0 Å². The summed E-state index contributed by atoms with van der Waals surface area (Å²) in [7, 11) is 0. The van der Waals surface area contributed by atoms with Crippen LogP contribution < -0.4 is 5.73 Å². The van der Waals surface area contributed by atoms with E-state index in [1.165, 1.54) is 18.4 Å². The number of nitrogens with zero attached hydrogens (tertiary/aromatic N) is 2. The molecule has 0 saturated heterocycles. The second kappa shape index (κ2) is 5.02. The lowest BCUT2D eigenvalue weighted by Gasteiger charge is -2.04. The second-order valence-corrected chi connectivity index (χ2v) is 3.75. The molecule has 1 rings (SSSR count). The van der Waals surface area contributed by atoms with Crippen LogP contribution in [0.1, 0.15) is 31.7 Å². The zero-order valence-corrected chi connectivity index (χ0v) is 8.53. The zero-order valence-electron chi connectivity index (χ0n) is 8.53. The van der Waals surface area contributed by atoms with Gasteiger partial charge in [-0.05, 0) is 32.3 Å². The van der Waals surface area contributed by atoms with Crippen molar-refractivity contribution >= 4 is 0 Å². The van der Waals surface area contributed by atoms with E-state index in [0.29, 0.717) is 6.04 Å². The Hall–Kier alpha value is -0.830. The van der Waals surface area contributed by atoms with E-state index in [-0.39, 0.29) is 0 Å². The maximum Gasteiger partial charge on any atom is 0.0518 e. The van der Waals surface area contributed by atoms with Gasteiger partial charge in [0.05, 0.1) is 6.20 Å². The molecule has 1 unspecified atom stereocenters. The van der Waals surface area contributed by atoms with Crippen LogP contribution in [0.4, 0.5) is 0 Å². The number of rotatable bonds is 5. The molecule has 0 saturated carbocycles. The van der Waals surface area contributed by atoms with E-state index in [1.807, 2.05) is 10.9 Å². The fourth-order valence-corrected chi connectivity index (χ4v) is 1.33. The van der Waals surface area contributed by atoms with Crippen molar-refractivity contribution < 1.29 is 0 Å². The number of nitrogens with two attached hydrogens (primary N) is 1. The van der Waals surface area contributed by atoms with Gasteiger partial charge in [0, 0.05) is 18.8 Å². The SMILES string of the molecule is Cc1cnn(CCCCC(C)N)c1. The third-order valence-corrected chi connectivity index (χ3v) is 2.06. The van der Waals surface area contributed by atoms with Gasteiger partial charge in [0.25, 0.3) is 0 Å². The molecule has 3 heteroatoms. The van der Waals surface area contributed by atoms with Crippen molar-refractivity contribution in [2.24, 2.45) is 5.73 Å². The van der Waals surface area contributed by atoms with Crippen molar-refractivity contribution in [2.45, 2.75) is 45.7 Å². The average Bonchev–Trinajstić information content (AvgIpc) is 2.45. The van der Waals surface area contributed by atoms with Gasteiger partial charge in [0.1, 0.15) is 0 Å². The summed E-state index contributed by atoms with van der Waals surface area (Å²) in [5, 5.41) is 4.22. The number of hydrogen-bond donors (Lipinski definition) is 1. The van der Waals surface area contributed by atoms with Gasteiger partial charge in [0.2, 0.25) is 0 Å². The van der Waals surface area contributed by atoms with E-state index in [2.05, 4.69) is 25.1 Å².